The fraction of sp³-hybridized carbons (Fsp3) is 0.125. The molecule has 0 fully saturated rings. The van der Waals surface area contributed by atoms with E-state index in [2.05, 4.69) is 15.9 Å². The lowest BCUT2D eigenvalue weighted by Crippen LogP contribution is -2.09. The molecule has 0 saturated carbocycles. The minimum atomic E-state index is -1.27. The molecule has 1 aromatic carbocycles. The van der Waals surface area contributed by atoms with Gasteiger partial charge in [0.1, 0.15) is 0 Å². The number of hydrogen-bond donors (Lipinski definition) is 2. The van der Waals surface area contributed by atoms with E-state index in [9.17, 15) is 9.18 Å². The number of amides is 1. The standard InChI is InChI=1S/C8H7BrFNO3/c1-14-7-5(11-8(12)13)3-2-4(9)6(7)10/h2-3,11H,1H3,(H,12,13). The van der Waals surface area contributed by atoms with E-state index in [4.69, 9.17) is 9.84 Å². The highest BCUT2D eigenvalue weighted by Gasteiger charge is 2.13. The van der Waals surface area contributed by atoms with Gasteiger partial charge in [-0.3, -0.25) is 5.32 Å². The Balaban J connectivity index is 3.17. The van der Waals surface area contributed by atoms with Crippen LogP contribution in [0.5, 0.6) is 5.75 Å². The SMILES string of the molecule is COc1c(NC(=O)O)ccc(Br)c1F. The van der Waals surface area contributed by atoms with Crippen molar-refractivity contribution in [1.29, 1.82) is 0 Å². The number of ether oxygens (including phenoxy) is 1. The van der Waals surface area contributed by atoms with Crippen LogP contribution in [-0.4, -0.2) is 18.3 Å². The molecular weight excluding hydrogens is 257 g/mol. The fourth-order valence-corrected chi connectivity index (χ4v) is 1.26. The zero-order valence-electron chi connectivity index (χ0n) is 7.17. The third-order valence-electron chi connectivity index (χ3n) is 1.50. The molecule has 0 heterocycles. The Kier molecular flexibility index (Phi) is 3.29. The zero-order valence-corrected chi connectivity index (χ0v) is 8.76. The average Bonchev–Trinajstić information content (AvgIpc) is 2.11. The lowest BCUT2D eigenvalue weighted by atomic mass is 10.3. The van der Waals surface area contributed by atoms with Crippen LogP contribution in [0.2, 0.25) is 0 Å². The molecule has 0 aliphatic rings. The summed E-state index contributed by atoms with van der Waals surface area (Å²) in [6.07, 6.45) is -1.27. The van der Waals surface area contributed by atoms with E-state index in [1.54, 1.807) is 0 Å². The number of carboxylic acid groups (broad SMARTS) is 1. The number of hydrogen-bond acceptors (Lipinski definition) is 2. The summed E-state index contributed by atoms with van der Waals surface area (Å²) in [6.45, 7) is 0. The molecule has 4 nitrogen and oxygen atoms in total. The first-order valence-corrected chi connectivity index (χ1v) is 4.37. The Labute approximate surface area is 87.8 Å². The van der Waals surface area contributed by atoms with E-state index < -0.39 is 11.9 Å². The van der Waals surface area contributed by atoms with E-state index in [-0.39, 0.29) is 15.9 Å². The summed E-state index contributed by atoms with van der Waals surface area (Å²) in [5.41, 5.74) is 0.0701. The van der Waals surface area contributed by atoms with Crippen molar-refractivity contribution in [2.45, 2.75) is 0 Å². The minimum Gasteiger partial charge on any atom is -0.492 e. The molecule has 6 heteroatoms. The molecule has 76 valence electrons. The molecule has 2 N–H and O–H groups in total. The van der Waals surface area contributed by atoms with E-state index in [0.29, 0.717) is 0 Å². The highest BCUT2D eigenvalue weighted by Crippen LogP contribution is 2.32. The first-order chi connectivity index (χ1) is 6.56. The fourth-order valence-electron chi connectivity index (χ4n) is 0.945. The van der Waals surface area contributed by atoms with Crippen LogP contribution in [0.1, 0.15) is 0 Å². The highest BCUT2D eigenvalue weighted by atomic mass is 79.9. The molecule has 0 radical (unpaired) electrons. The Morgan fingerprint density at radius 1 is 1.64 bits per heavy atom. The molecular formula is C8H7BrFNO3. The van der Waals surface area contributed by atoms with Gasteiger partial charge in [0.15, 0.2) is 11.6 Å². The van der Waals surface area contributed by atoms with Gasteiger partial charge < -0.3 is 9.84 Å². The van der Waals surface area contributed by atoms with Crippen molar-refractivity contribution < 1.29 is 19.0 Å². The van der Waals surface area contributed by atoms with Crippen molar-refractivity contribution >= 4 is 27.7 Å². The van der Waals surface area contributed by atoms with E-state index in [0.717, 1.165) is 0 Å². The quantitative estimate of drug-likeness (QED) is 0.863. The molecule has 1 rings (SSSR count). The van der Waals surface area contributed by atoms with Crippen molar-refractivity contribution in [2.24, 2.45) is 0 Å². The van der Waals surface area contributed by atoms with Crippen LogP contribution in [0.15, 0.2) is 16.6 Å². The predicted octanol–water partition coefficient (Wildman–Crippen LogP) is 2.69. The molecule has 1 aromatic rings. The molecule has 0 atom stereocenters. The first-order valence-electron chi connectivity index (χ1n) is 3.58. The Bertz CT molecular complexity index is 370. The summed E-state index contributed by atoms with van der Waals surface area (Å²) in [6, 6.07) is 2.79. The van der Waals surface area contributed by atoms with Gasteiger partial charge in [-0.05, 0) is 28.1 Å². The van der Waals surface area contributed by atoms with Crippen molar-refractivity contribution in [3.63, 3.8) is 0 Å². The molecule has 0 aliphatic carbocycles. The third-order valence-corrected chi connectivity index (χ3v) is 2.11. The van der Waals surface area contributed by atoms with Gasteiger partial charge in [-0.1, -0.05) is 0 Å². The third kappa shape index (κ3) is 2.14. The number of carbonyl (C=O) groups is 1. The number of anilines is 1. The summed E-state index contributed by atoms with van der Waals surface area (Å²) >= 11 is 2.96. The van der Waals surface area contributed by atoms with E-state index in [1.807, 2.05) is 5.32 Å². The summed E-state index contributed by atoms with van der Waals surface area (Å²) < 4.78 is 18.2. The topological polar surface area (TPSA) is 58.6 Å². The maximum Gasteiger partial charge on any atom is 0.409 e. The molecule has 0 bridgehead atoms. The van der Waals surface area contributed by atoms with Crippen LogP contribution in [0, 0.1) is 5.82 Å². The second kappa shape index (κ2) is 4.28. The highest BCUT2D eigenvalue weighted by molar-refractivity contribution is 9.10. The number of rotatable bonds is 2. The van der Waals surface area contributed by atoms with Gasteiger partial charge in [0.25, 0.3) is 0 Å². The average molecular weight is 264 g/mol. The lowest BCUT2D eigenvalue weighted by molar-refractivity contribution is 0.209. The van der Waals surface area contributed by atoms with Crippen LogP contribution in [-0.2, 0) is 0 Å². The Morgan fingerprint density at radius 2 is 2.29 bits per heavy atom. The second-order valence-electron chi connectivity index (χ2n) is 2.37. The summed E-state index contributed by atoms with van der Waals surface area (Å²) in [5, 5.41) is 10.5. The smallest absolute Gasteiger partial charge is 0.409 e. The Morgan fingerprint density at radius 3 is 2.79 bits per heavy atom. The predicted molar refractivity (Wildman–Crippen MR) is 52.3 cm³/mol. The maximum absolute atomic E-state index is 13.3. The largest absolute Gasteiger partial charge is 0.492 e. The molecule has 0 unspecified atom stereocenters. The molecule has 1 amide bonds. The number of benzene rings is 1. The van der Waals surface area contributed by atoms with Crippen LogP contribution < -0.4 is 10.1 Å². The van der Waals surface area contributed by atoms with Gasteiger partial charge in [-0.2, -0.15) is 0 Å². The number of halogens is 2. The van der Waals surface area contributed by atoms with Gasteiger partial charge >= 0.3 is 6.09 Å². The molecule has 0 aliphatic heterocycles. The zero-order chi connectivity index (χ0) is 10.7. The first kappa shape index (κ1) is 10.8. The van der Waals surface area contributed by atoms with Crippen LogP contribution >= 0.6 is 15.9 Å². The molecule has 14 heavy (non-hydrogen) atoms. The summed E-state index contributed by atoms with van der Waals surface area (Å²) in [4.78, 5) is 10.3. The van der Waals surface area contributed by atoms with E-state index >= 15 is 0 Å². The van der Waals surface area contributed by atoms with E-state index in [1.165, 1.54) is 19.2 Å². The molecule has 0 saturated heterocycles. The van der Waals surface area contributed by atoms with Gasteiger partial charge in [-0.15, -0.1) is 0 Å². The van der Waals surface area contributed by atoms with Crippen LogP contribution in [0.3, 0.4) is 0 Å². The second-order valence-corrected chi connectivity index (χ2v) is 3.23. The molecule has 0 spiro atoms. The number of nitrogens with one attached hydrogen (secondary N) is 1. The van der Waals surface area contributed by atoms with Gasteiger partial charge in [0.2, 0.25) is 0 Å². The van der Waals surface area contributed by atoms with Crippen LogP contribution in [0.4, 0.5) is 14.9 Å². The van der Waals surface area contributed by atoms with Crippen molar-refractivity contribution in [3.05, 3.63) is 22.4 Å². The summed E-state index contributed by atoms with van der Waals surface area (Å²) in [7, 11) is 1.26. The van der Waals surface area contributed by atoms with Crippen molar-refractivity contribution in [3.8, 4) is 5.75 Å². The lowest BCUT2D eigenvalue weighted by Gasteiger charge is -2.09. The van der Waals surface area contributed by atoms with Gasteiger partial charge in [-0.25, -0.2) is 9.18 Å². The summed E-state index contributed by atoms with van der Waals surface area (Å²) in [5.74, 6) is -0.777. The van der Waals surface area contributed by atoms with Crippen LogP contribution in [0.25, 0.3) is 0 Å². The minimum absolute atomic E-state index is 0.0701. The Hall–Kier alpha value is -1.30. The van der Waals surface area contributed by atoms with Crippen molar-refractivity contribution in [2.75, 3.05) is 12.4 Å². The monoisotopic (exact) mass is 263 g/mol. The van der Waals surface area contributed by atoms with Gasteiger partial charge in [0, 0.05) is 0 Å². The maximum atomic E-state index is 13.3. The molecule has 0 aromatic heterocycles. The van der Waals surface area contributed by atoms with Crippen molar-refractivity contribution in [1.82, 2.24) is 0 Å². The number of methoxy groups -OCH3 is 1. The normalized spacial score (nSPS) is 9.64. The van der Waals surface area contributed by atoms with Gasteiger partial charge in [0.05, 0.1) is 17.3 Å².